The summed E-state index contributed by atoms with van der Waals surface area (Å²) in [6, 6.07) is 0. The van der Waals surface area contributed by atoms with Gasteiger partial charge in [-0.05, 0) is 13.8 Å². The number of halogens is 1. The first-order valence-corrected chi connectivity index (χ1v) is 7.11. The Morgan fingerprint density at radius 3 is 2.72 bits per heavy atom. The molecule has 0 spiro atoms. The smallest absolute Gasteiger partial charge is 0.221 e. The van der Waals surface area contributed by atoms with Gasteiger partial charge in [-0.3, -0.25) is 0 Å². The zero-order valence-corrected chi connectivity index (χ0v) is 12.7. The standard InChI is InChI=1S/C12H20BrN3O2/c1-4-18-12-10(2)11(14-9-15-12)16(6-5-13)7-8-17-3/h9H,4-8H2,1-3H3. The topological polar surface area (TPSA) is 47.5 Å². The summed E-state index contributed by atoms with van der Waals surface area (Å²) in [5, 5.41) is 0.879. The fourth-order valence-electron chi connectivity index (χ4n) is 1.65. The fraction of sp³-hybridized carbons (Fsp3) is 0.667. The van der Waals surface area contributed by atoms with Crippen LogP contribution in [-0.2, 0) is 4.74 Å². The van der Waals surface area contributed by atoms with E-state index in [4.69, 9.17) is 9.47 Å². The lowest BCUT2D eigenvalue weighted by molar-refractivity contribution is 0.205. The number of hydrogen-bond acceptors (Lipinski definition) is 5. The lowest BCUT2D eigenvalue weighted by Gasteiger charge is -2.24. The zero-order valence-electron chi connectivity index (χ0n) is 11.1. The summed E-state index contributed by atoms with van der Waals surface area (Å²) in [7, 11) is 1.70. The first-order valence-electron chi connectivity index (χ1n) is 5.98. The van der Waals surface area contributed by atoms with Crippen molar-refractivity contribution < 1.29 is 9.47 Å². The van der Waals surface area contributed by atoms with Gasteiger partial charge in [-0.15, -0.1) is 0 Å². The highest BCUT2D eigenvalue weighted by Gasteiger charge is 2.14. The highest BCUT2D eigenvalue weighted by molar-refractivity contribution is 9.09. The van der Waals surface area contributed by atoms with Crippen LogP contribution in [-0.4, -0.2) is 48.7 Å². The lowest BCUT2D eigenvalue weighted by Crippen LogP contribution is -2.30. The van der Waals surface area contributed by atoms with Crippen LogP contribution < -0.4 is 9.64 Å². The largest absolute Gasteiger partial charge is 0.478 e. The Labute approximate surface area is 117 Å². The first-order chi connectivity index (χ1) is 8.74. The summed E-state index contributed by atoms with van der Waals surface area (Å²) in [4.78, 5) is 10.7. The molecule has 0 fully saturated rings. The molecule has 0 bridgehead atoms. The Balaban J connectivity index is 2.92. The molecule has 102 valence electrons. The van der Waals surface area contributed by atoms with Crippen LogP contribution in [0.1, 0.15) is 12.5 Å². The molecule has 5 nitrogen and oxygen atoms in total. The third-order valence-electron chi connectivity index (χ3n) is 2.51. The van der Waals surface area contributed by atoms with Gasteiger partial charge in [0.25, 0.3) is 0 Å². The molecule has 18 heavy (non-hydrogen) atoms. The maximum Gasteiger partial charge on any atom is 0.221 e. The molecule has 1 aromatic rings. The molecule has 0 aliphatic rings. The minimum absolute atomic E-state index is 0.605. The van der Waals surface area contributed by atoms with E-state index in [0.717, 1.165) is 29.8 Å². The minimum Gasteiger partial charge on any atom is -0.478 e. The molecule has 1 aromatic heterocycles. The Hall–Kier alpha value is -0.880. The molecule has 1 rings (SSSR count). The molecule has 0 atom stereocenters. The number of anilines is 1. The Kier molecular flexibility index (Phi) is 6.97. The fourth-order valence-corrected chi connectivity index (χ4v) is 2.08. The van der Waals surface area contributed by atoms with E-state index < -0.39 is 0 Å². The third-order valence-corrected chi connectivity index (χ3v) is 2.87. The van der Waals surface area contributed by atoms with Crippen molar-refractivity contribution in [2.24, 2.45) is 0 Å². The molecule has 0 radical (unpaired) electrons. The van der Waals surface area contributed by atoms with E-state index in [1.807, 2.05) is 13.8 Å². The Morgan fingerprint density at radius 2 is 2.11 bits per heavy atom. The summed E-state index contributed by atoms with van der Waals surface area (Å²) in [5.74, 6) is 1.56. The van der Waals surface area contributed by atoms with Crippen LogP contribution in [0.3, 0.4) is 0 Å². The van der Waals surface area contributed by atoms with Gasteiger partial charge in [-0.1, -0.05) is 15.9 Å². The van der Waals surface area contributed by atoms with Gasteiger partial charge < -0.3 is 14.4 Å². The summed E-state index contributed by atoms with van der Waals surface area (Å²) in [6.45, 7) is 6.86. The van der Waals surface area contributed by atoms with Crippen LogP contribution >= 0.6 is 15.9 Å². The van der Waals surface area contributed by atoms with Crippen LogP contribution in [0.2, 0.25) is 0 Å². The molecule has 0 saturated heterocycles. The second-order valence-electron chi connectivity index (χ2n) is 3.73. The predicted molar refractivity (Wildman–Crippen MR) is 75.8 cm³/mol. The van der Waals surface area contributed by atoms with E-state index in [1.54, 1.807) is 13.4 Å². The van der Waals surface area contributed by atoms with Gasteiger partial charge in [-0.25, -0.2) is 9.97 Å². The quantitative estimate of drug-likeness (QED) is 0.687. The number of nitrogens with zero attached hydrogens (tertiary/aromatic N) is 3. The highest BCUT2D eigenvalue weighted by atomic mass is 79.9. The SMILES string of the molecule is CCOc1ncnc(N(CCBr)CCOC)c1C. The first kappa shape index (κ1) is 15.2. The second-order valence-corrected chi connectivity index (χ2v) is 4.52. The van der Waals surface area contributed by atoms with E-state index in [0.29, 0.717) is 19.1 Å². The van der Waals surface area contributed by atoms with E-state index in [1.165, 1.54) is 0 Å². The number of aromatic nitrogens is 2. The van der Waals surface area contributed by atoms with Crippen molar-refractivity contribution in [3.8, 4) is 5.88 Å². The second kappa shape index (κ2) is 8.26. The molecule has 0 aliphatic heterocycles. The van der Waals surface area contributed by atoms with Gasteiger partial charge in [0.15, 0.2) is 0 Å². The van der Waals surface area contributed by atoms with E-state index in [2.05, 4.69) is 30.8 Å². The van der Waals surface area contributed by atoms with Gasteiger partial charge in [0, 0.05) is 25.5 Å². The maximum absolute atomic E-state index is 5.49. The van der Waals surface area contributed by atoms with Gasteiger partial charge in [-0.2, -0.15) is 0 Å². The molecule has 1 heterocycles. The monoisotopic (exact) mass is 317 g/mol. The number of methoxy groups -OCH3 is 1. The summed E-state index contributed by atoms with van der Waals surface area (Å²) < 4.78 is 10.6. The normalized spacial score (nSPS) is 10.4. The van der Waals surface area contributed by atoms with Crippen molar-refractivity contribution in [1.29, 1.82) is 0 Å². The molecule has 6 heteroatoms. The molecule has 0 unspecified atom stereocenters. The zero-order chi connectivity index (χ0) is 13.4. The molecular weight excluding hydrogens is 298 g/mol. The number of ether oxygens (including phenoxy) is 2. The van der Waals surface area contributed by atoms with Crippen molar-refractivity contribution in [3.05, 3.63) is 11.9 Å². The van der Waals surface area contributed by atoms with E-state index >= 15 is 0 Å². The van der Waals surface area contributed by atoms with Gasteiger partial charge >= 0.3 is 0 Å². The Bertz CT molecular complexity index is 363. The van der Waals surface area contributed by atoms with Crippen molar-refractivity contribution in [2.45, 2.75) is 13.8 Å². The summed E-state index contributed by atoms with van der Waals surface area (Å²) in [5.41, 5.74) is 0.969. The molecular formula is C12H20BrN3O2. The van der Waals surface area contributed by atoms with Crippen molar-refractivity contribution >= 4 is 21.7 Å². The lowest BCUT2D eigenvalue weighted by atomic mass is 10.3. The van der Waals surface area contributed by atoms with Crippen LogP contribution in [0.25, 0.3) is 0 Å². The molecule has 0 N–H and O–H groups in total. The van der Waals surface area contributed by atoms with Crippen LogP contribution in [0.5, 0.6) is 5.88 Å². The van der Waals surface area contributed by atoms with E-state index in [9.17, 15) is 0 Å². The van der Waals surface area contributed by atoms with Gasteiger partial charge in [0.2, 0.25) is 5.88 Å². The number of alkyl halides is 1. The minimum atomic E-state index is 0.605. The van der Waals surface area contributed by atoms with Crippen molar-refractivity contribution in [3.63, 3.8) is 0 Å². The molecule has 0 aromatic carbocycles. The number of rotatable bonds is 8. The average molecular weight is 318 g/mol. The van der Waals surface area contributed by atoms with Gasteiger partial charge in [0.05, 0.1) is 18.8 Å². The predicted octanol–water partition coefficient (Wildman–Crippen LogP) is 2.03. The molecule has 0 saturated carbocycles. The average Bonchev–Trinajstić information content (AvgIpc) is 2.38. The van der Waals surface area contributed by atoms with Crippen LogP contribution in [0, 0.1) is 6.92 Å². The van der Waals surface area contributed by atoms with Crippen molar-refractivity contribution in [2.75, 3.05) is 43.6 Å². The maximum atomic E-state index is 5.49. The summed E-state index contributed by atoms with van der Waals surface area (Å²) in [6.07, 6.45) is 1.54. The summed E-state index contributed by atoms with van der Waals surface area (Å²) >= 11 is 3.46. The molecule has 0 amide bonds. The molecule has 0 aliphatic carbocycles. The van der Waals surface area contributed by atoms with Gasteiger partial charge in [0.1, 0.15) is 12.1 Å². The third kappa shape index (κ3) is 4.10. The van der Waals surface area contributed by atoms with Crippen LogP contribution in [0.4, 0.5) is 5.82 Å². The van der Waals surface area contributed by atoms with E-state index in [-0.39, 0.29) is 0 Å². The number of hydrogen-bond donors (Lipinski definition) is 0. The highest BCUT2D eigenvalue weighted by Crippen LogP contribution is 2.23. The van der Waals surface area contributed by atoms with Crippen LogP contribution in [0.15, 0.2) is 6.33 Å². The Morgan fingerprint density at radius 1 is 1.33 bits per heavy atom. The van der Waals surface area contributed by atoms with Crippen molar-refractivity contribution in [1.82, 2.24) is 9.97 Å².